The fraction of sp³-hybridized carbons (Fsp3) is 0.444. The summed E-state index contributed by atoms with van der Waals surface area (Å²) in [6.07, 6.45) is 15.1. The Morgan fingerprint density at radius 1 is 0.725 bits per heavy atom. The van der Waals surface area contributed by atoms with Gasteiger partial charge in [-0.15, -0.1) is 0 Å². The third-order valence-corrected chi connectivity index (χ3v) is 9.20. The lowest BCUT2D eigenvalue weighted by molar-refractivity contribution is 0.171. The van der Waals surface area contributed by atoms with Crippen LogP contribution in [0.1, 0.15) is 83.1 Å². The minimum Gasteiger partial charge on any atom is -0.490 e. The van der Waals surface area contributed by atoms with Gasteiger partial charge in [-0.25, -0.2) is 8.78 Å². The van der Waals surface area contributed by atoms with Crippen LogP contribution in [0, 0.1) is 35.2 Å². The van der Waals surface area contributed by atoms with Crippen LogP contribution in [0.15, 0.2) is 66.7 Å². The molecule has 2 aliphatic rings. The fourth-order valence-corrected chi connectivity index (χ4v) is 6.94. The summed E-state index contributed by atoms with van der Waals surface area (Å²) in [5.74, 6) is 0.573. The van der Waals surface area contributed by atoms with Crippen LogP contribution < -0.4 is 4.74 Å². The Bertz CT molecular complexity index is 1300. The second-order valence-electron chi connectivity index (χ2n) is 11.7. The van der Waals surface area contributed by atoms with Gasteiger partial charge in [-0.2, -0.15) is 4.39 Å². The molecular weight excluding hydrogens is 505 g/mol. The molecule has 5 rings (SSSR count). The Labute approximate surface area is 237 Å². The molecule has 0 spiro atoms. The van der Waals surface area contributed by atoms with E-state index in [4.69, 9.17) is 4.74 Å². The number of ether oxygens (including phenoxy) is 1. The van der Waals surface area contributed by atoms with E-state index < -0.39 is 11.6 Å². The van der Waals surface area contributed by atoms with Gasteiger partial charge in [0.25, 0.3) is 0 Å². The van der Waals surface area contributed by atoms with Crippen molar-refractivity contribution in [3.63, 3.8) is 0 Å². The number of allylic oxidation sites excluding steroid dienone is 2. The quantitative estimate of drug-likeness (QED) is 0.255. The fourth-order valence-electron chi connectivity index (χ4n) is 6.94. The van der Waals surface area contributed by atoms with Crippen LogP contribution in [0.3, 0.4) is 0 Å². The summed E-state index contributed by atoms with van der Waals surface area (Å²) in [7, 11) is 0. The molecular formula is C36H41F3O. The minimum atomic E-state index is -0.974. The maximum atomic E-state index is 15.3. The molecule has 1 nitrogen and oxygen atoms in total. The second kappa shape index (κ2) is 13.1. The molecule has 3 aromatic rings. The monoisotopic (exact) mass is 546 g/mol. The van der Waals surface area contributed by atoms with Crippen LogP contribution in [-0.2, 0) is 0 Å². The standard InChI is InChI=1S/C36H41F3O/c1-3-5-24-6-8-25(9-7-24)26-10-14-28(15-11-26)31-19-18-30(23-33(31)37)27-12-16-29(17-13-27)32-20-21-34(40-22-4-2)36(39)35(32)38/h3,5,12-13,16-21,23-26,28H,4,6-11,14-15,22H2,1-2H3. The number of rotatable bonds is 8. The minimum absolute atomic E-state index is 0.0732. The van der Waals surface area contributed by atoms with Gasteiger partial charge in [-0.1, -0.05) is 55.5 Å². The van der Waals surface area contributed by atoms with Gasteiger partial charge in [0.2, 0.25) is 5.82 Å². The van der Waals surface area contributed by atoms with E-state index >= 15 is 4.39 Å². The van der Waals surface area contributed by atoms with Crippen LogP contribution >= 0.6 is 0 Å². The van der Waals surface area contributed by atoms with Crippen LogP contribution in [0.4, 0.5) is 13.2 Å². The smallest absolute Gasteiger partial charge is 0.201 e. The predicted octanol–water partition coefficient (Wildman–Crippen LogP) is 10.9. The van der Waals surface area contributed by atoms with E-state index in [-0.39, 0.29) is 23.0 Å². The van der Waals surface area contributed by atoms with E-state index in [9.17, 15) is 8.78 Å². The largest absolute Gasteiger partial charge is 0.490 e. The van der Waals surface area contributed by atoms with Gasteiger partial charge >= 0.3 is 0 Å². The summed E-state index contributed by atoms with van der Waals surface area (Å²) in [4.78, 5) is 0. The summed E-state index contributed by atoms with van der Waals surface area (Å²) in [5.41, 5.74) is 3.20. The Kier molecular flexibility index (Phi) is 9.34. The van der Waals surface area contributed by atoms with E-state index in [1.807, 2.05) is 31.2 Å². The van der Waals surface area contributed by atoms with Crippen molar-refractivity contribution in [3.8, 4) is 28.0 Å². The maximum absolute atomic E-state index is 15.3. The molecule has 212 valence electrons. The maximum Gasteiger partial charge on any atom is 0.201 e. The van der Waals surface area contributed by atoms with E-state index in [1.54, 1.807) is 18.2 Å². The van der Waals surface area contributed by atoms with Crippen molar-refractivity contribution in [1.29, 1.82) is 0 Å². The van der Waals surface area contributed by atoms with Crippen molar-refractivity contribution in [1.82, 2.24) is 0 Å². The number of benzene rings is 3. The third-order valence-electron chi connectivity index (χ3n) is 9.20. The van der Waals surface area contributed by atoms with Crippen molar-refractivity contribution in [2.45, 2.75) is 77.6 Å². The molecule has 2 aliphatic carbocycles. The van der Waals surface area contributed by atoms with Gasteiger partial charge in [-0.3, -0.25) is 0 Å². The molecule has 3 aromatic carbocycles. The van der Waals surface area contributed by atoms with Crippen molar-refractivity contribution in [2.24, 2.45) is 17.8 Å². The molecule has 0 bridgehead atoms. The summed E-state index contributed by atoms with van der Waals surface area (Å²) in [5, 5.41) is 0. The zero-order valence-corrected chi connectivity index (χ0v) is 23.8. The first-order valence-electron chi connectivity index (χ1n) is 15.1. The highest BCUT2D eigenvalue weighted by Gasteiger charge is 2.31. The first-order valence-corrected chi connectivity index (χ1v) is 15.1. The van der Waals surface area contributed by atoms with E-state index in [0.29, 0.717) is 18.6 Å². The van der Waals surface area contributed by atoms with Gasteiger partial charge in [0.15, 0.2) is 11.6 Å². The normalized spacial score (nSPS) is 23.4. The average molecular weight is 547 g/mol. The van der Waals surface area contributed by atoms with Crippen molar-refractivity contribution in [3.05, 3.63) is 89.8 Å². The molecule has 0 unspecified atom stereocenters. The van der Waals surface area contributed by atoms with Gasteiger partial charge in [0.05, 0.1) is 6.61 Å². The highest BCUT2D eigenvalue weighted by molar-refractivity contribution is 5.71. The molecule has 4 heteroatoms. The van der Waals surface area contributed by atoms with Gasteiger partial charge in [0, 0.05) is 5.56 Å². The summed E-state index contributed by atoms with van der Waals surface area (Å²) in [6.45, 7) is 4.36. The van der Waals surface area contributed by atoms with E-state index in [2.05, 4.69) is 19.1 Å². The highest BCUT2D eigenvalue weighted by Crippen LogP contribution is 2.45. The van der Waals surface area contributed by atoms with Gasteiger partial charge in [0.1, 0.15) is 5.82 Å². The second-order valence-corrected chi connectivity index (χ2v) is 11.7. The molecule has 0 heterocycles. The van der Waals surface area contributed by atoms with E-state index in [1.165, 1.54) is 50.7 Å². The Hall–Kier alpha value is -3.01. The SMILES string of the molecule is CC=CC1CCC(C2CCC(c3ccc(-c4ccc(-c5ccc(OCCC)c(F)c5F)cc4)cc3F)CC2)CC1. The van der Waals surface area contributed by atoms with Crippen LogP contribution in [0.25, 0.3) is 22.3 Å². The topological polar surface area (TPSA) is 9.23 Å². The molecule has 0 aliphatic heterocycles. The lowest BCUT2D eigenvalue weighted by Crippen LogP contribution is -2.25. The van der Waals surface area contributed by atoms with Gasteiger partial charge < -0.3 is 4.74 Å². The number of hydrogen-bond acceptors (Lipinski definition) is 1. The van der Waals surface area contributed by atoms with Gasteiger partial charge in [-0.05, 0) is 129 Å². The van der Waals surface area contributed by atoms with Crippen molar-refractivity contribution < 1.29 is 17.9 Å². The molecule has 40 heavy (non-hydrogen) atoms. The van der Waals surface area contributed by atoms with Crippen molar-refractivity contribution in [2.75, 3.05) is 6.61 Å². The number of halogens is 3. The molecule has 2 fully saturated rings. The van der Waals surface area contributed by atoms with E-state index in [0.717, 1.165) is 47.3 Å². The molecule has 0 N–H and O–H groups in total. The molecule has 0 amide bonds. The highest BCUT2D eigenvalue weighted by atomic mass is 19.2. The Morgan fingerprint density at radius 3 is 1.98 bits per heavy atom. The Balaban J connectivity index is 1.22. The van der Waals surface area contributed by atoms with Crippen LogP contribution in [0.5, 0.6) is 5.75 Å². The zero-order chi connectivity index (χ0) is 28.1. The summed E-state index contributed by atoms with van der Waals surface area (Å²) < 4.78 is 49.8. The lowest BCUT2D eigenvalue weighted by Gasteiger charge is -2.37. The predicted molar refractivity (Wildman–Crippen MR) is 158 cm³/mol. The third kappa shape index (κ3) is 6.32. The van der Waals surface area contributed by atoms with Crippen LogP contribution in [-0.4, -0.2) is 6.61 Å². The lowest BCUT2D eigenvalue weighted by atomic mass is 9.68. The van der Waals surface area contributed by atoms with Crippen LogP contribution in [0.2, 0.25) is 0 Å². The summed E-state index contributed by atoms with van der Waals surface area (Å²) in [6, 6.07) is 15.7. The molecule has 2 saturated carbocycles. The molecule has 0 atom stereocenters. The average Bonchev–Trinajstić information content (AvgIpc) is 2.99. The first-order chi connectivity index (χ1) is 19.5. The number of hydrogen-bond donors (Lipinski definition) is 0. The van der Waals surface area contributed by atoms with Crippen molar-refractivity contribution >= 4 is 0 Å². The molecule has 0 aromatic heterocycles. The first kappa shape index (κ1) is 28.5. The molecule has 0 saturated heterocycles. The molecule has 0 radical (unpaired) electrons. The summed E-state index contributed by atoms with van der Waals surface area (Å²) >= 11 is 0. The Morgan fingerprint density at radius 2 is 1.35 bits per heavy atom. The zero-order valence-electron chi connectivity index (χ0n) is 23.8.